The standard InChI is InChI=1S/C9H16N4S2/c1-9(2)3-4-13(5-6-14-9)8-11-7(10)12-15-8/h3-6H2,1-2H3,(H2,10,12). The van der Waals surface area contributed by atoms with Crippen molar-refractivity contribution in [1.82, 2.24) is 9.36 Å². The number of hydrogen-bond acceptors (Lipinski definition) is 6. The first-order valence-corrected chi connectivity index (χ1v) is 6.81. The molecule has 6 heteroatoms. The molecule has 0 aromatic carbocycles. The number of thioether (sulfide) groups is 1. The maximum atomic E-state index is 5.53. The summed E-state index contributed by atoms with van der Waals surface area (Å²) in [5, 5.41) is 0.964. The Kier molecular flexibility index (Phi) is 3.06. The molecule has 1 aliphatic heterocycles. The number of anilines is 2. The van der Waals surface area contributed by atoms with Crippen LogP contribution in [0.1, 0.15) is 20.3 Å². The van der Waals surface area contributed by atoms with Gasteiger partial charge in [0.1, 0.15) is 0 Å². The Morgan fingerprint density at radius 2 is 2.20 bits per heavy atom. The van der Waals surface area contributed by atoms with Gasteiger partial charge in [-0.1, -0.05) is 13.8 Å². The van der Waals surface area contributed by atoms with Crippen LogP contribution in [0, 0.1) is 0 Å². The number of hydrogen-bond donors (Lipinski definition) is 1. The maximum Gasteiger partial charge on any atom is 0.233 e. The van der Waals surface area contributed by atoms with Crippen LogP contribution in [-0.2, 0) is 0 Å². The molecule has 1 fully saturated rings. The quantitative estimate of drug-likeness (QED) is 0.817. The molecule has 1 aromatic rings. The lowest BCUT2D eigenvalue weighted by Gasteiger charge is -2.21. The molecule has 0 aliphatic carbocycles. The van der Waals surface area contributed by atoms with E-state index in [9.17, 15) is 0 Å². The van der Waals surface area contributed by atoms with Crippen molar-refractivity contribution < 1.29 is 0 Å². The molecule has 4 nitrogen and oxygen atoms in total. The van der Waals surface area contributed by atoms with Crippen LogP contribution in [0.3, 0.4) is 0 Å². The highest BCUT2D eigenvalue weighted by Crippen LogP contribution is 2.32. The van der Waals surface area contributed by atoms with Gasteiger partial charge in [-0.3, -0.25) is 0 Å². The van der Waals surface area contributed by atoms with Crippen molar-refractivity contribution in [3.8, 4) is 0 Å². The highest BCUT2D eigenvalue weighted by molar-refractivity contribution is 8.00. The van der Waals surface area contributed by atoms with Crippen LogP contribution >= 0.6 is 23.3 Å². The topological polar surface area (TPSA) is 55.0 Å². The summed E-state index contributed by atoms with van der Waals surface area (Å²) in [7, 11) is 0. The molecule has 2 rings (SSSR count). The second-order valence-electron chi connectivity index (χ2n) is 4.28. The van der Waals surface area contributed by atoms with Crippen LogP contribution in [0.2, 0.25) is 0 Å². The van der Waals surface area contributed by atoms with Crippen molar-refractivity contribution in [3.63, 3.8) is 0 Å². The minimum atomic E-state index is 0.380. The van der Waals surface area contributed by atoms with Gasteiger partial charge in [0.25, 0.3) is 0 Å². The Morgan fingerprint density at radius 1 is 1.40 bits per heavy atom. The fourth-order valence-corrected chi connectivity index (χ4v) is 3.31. The zero-order chi connectivity index (χ0) is 10.9. The Bertz CT molecular complexity index is 337. The van der Waals surface area contributed by atoms with Gasteiger partial charge in [-0.15, -0.1) is 0 Å². The summed E-state index contributed by atoms with van der Waals surface area (Å²) in [6.45, 7) is 6.70. The molecule has 0 radical (unpaired) electrons. The molecule has 0 unspecified atom stereocenters. The lowest BCUT2D eigenvalue weighted by atomic mass is 10.1. The van der Waals surface area contributed by atoms with Gasteiger partial charge in [0.2, 0.25) is 11.1 Å². The largest absolute Gasteiger partial charge is 0.367 e. The molecular weight excluding hydrogens is 228 g/mol. The molecule has 1 saturated heterocycles. The van der Waals surface area contributed by atoms with Crippen molar-refractivity contribution in [3.05, 3.63) is 0 Å². The van der Waals surface area contributed by atoms with E-state index in [0.29, 0.717) is 10.7 Å². The first-order chi connectivity index (χ1) is 7.07. The SMILES string of the molecule is CC1(C)CCN(c2nc(N)ns2)CCS1. The van der Waals surface area contributed by atoms with Crippen molar-refractivity contribution >= 4 is 34.4 Å². The third kappa shape index (κ3) is 2.75. The first kappa shape index (κ1) is 11.0. The molecule has 1 aliphatic rings. The third-order valence-electron chi connectivity index (χ3n) is 2.54. The second-order valence-corrected chi connectivity index (χ2v) is 6.81. The van der Waals surface area contributed by atoms with E-state index in [-0.39, 0.29) is 0 Å². The van der Waals surface area contributed by atoms with Gasteiger partial charge >= 0.3 is 0 Å². The minimum Gasteiger partial charge on any atom is -0.367 e. The van der Waals surface area contributed by atoms with E-state index < -0.39 is 0 Å². The minimum absolute atomic E-state index is 0.380. The predicted octanol–water partition coefficient (Wildman–Crippen LogP) is 1.84. The highest BCUT2D eigenvalue weighted by atomic mass is 32.2. The number of aromatic nitrogens is 2. The molecule has 0 bridgehead atoms. The zero-order valence-corrected chi connectivity index (χ0v) is 10.7. The molecule has 0 saturated carbocycles. The Labute approximate surface area is 98.4 Å². The van der Waals surface area contributed by atoms with Gasteiger partial charge in [0.15, 0.2) is 0 Å². The van der Waals surface area contributed by atoms with Crippen molar-refractivity contribution in [2.75, 3.05) is 29.5 Å². The van der Waals surface area contributed by atoms with Gasteiger partial charge in [-0.2, -0.15) is 21.1 Å². The number of rotatable bonds is 1. The van der Waals surface area contributed by atoms with Crippen molar-refractivity contribution in [1.29, 1.82) is 0 Å². The van der Waals surface area contributed by atoms with E-state index in [1.807, 2.05) is 11.8 Å². The number of nitrogens with two attached hydrogens (primary N) is 1. The van der Waals surface area contributed by atoms with Gasteiger partial charge in [-0.25, -0.2) is 0 Å². The average Bonchev–Trinajstić information content (AvgIpc) is 2.49. The number of nitrogens with zero attached hydrogens (tertiary/aromatic N) is 3. The van der Waals surface area contributed by atoms with Crippen LogP contribution in [0.15, 0.2) is 0 Å². The summed E-state index contributed by atoms with van der Waals surface area (Å²) in [5.41, 5.74) is 5.53. The van der Waals surface area contributed by atoms with E-state index >= 15 is 0 Å². The Morgan fingerprint density at radius 3 is 2.87 bits per heavy atom. The molecule has 0 atom stereocenters. The Balaban J connectivity index is 2.05. The number of nitrogen functional groups attached to an aromatic ring is 1. The van der Waals surface area contributed by atoms with Crippen LogP contribution < -0.4 is 10.6 Å². The summed E-state index contributed by atoms with van der Waals surface area (Å²) in [5.74, 6) is 1.54. The van der Waals surface area contributed by atoms with E-state index in [1.54, 1.807) is 0 Å². The van der Waals surface area contributed by atoms with Crippen molar-refractivity contribution in [2.24, 2.45) is 0 Å². The summed E-state index contributed by atoms with van der Waals surface area (Å²) >= 11 is 3.43. The summed E-state index contributed by atoms with van der Waals surface area (Å²) in [4.78, 5) is 6.51. The highest BCUT2D eigenvalue weighted by Gasteiger charge is 2.24. The molecule has 0 amide bonds. The molecule has 2 N–H and O–H groups in total. The van der Waals surface area contributed by atoms with E-state index in [0.717, 1.165) is 24.0 Å². The first-order valence-electron chi connectivity index (χ1n) is 5.05. The lowest BCUT2D eigenvalue weighted by molar-refractivity contribution is 0.637. The zero-order valence-electron chi connectivity index (χ0n) is 9.06. The van der Waals surface area contributed by atoms with Gasteiger partial charge in [-0.05, 0) is 6.42 Å². The molecule has 15 heavy (non-hydrogen) atoms. The van der Waals surface area contributed by atoms with E-state index in [4.69, 9.17) is 5.73 Å². The fraction of sp³-hybridized carbons (Fsp3) is 0.778. The maximum absolute atomic E-state index is 5.53. The molecule has 84 valence electrons. The smallest absolute Gasteiger partial charge is 0.233 e. The second kappa shape index (κ2) is 4.17. The van der Waals surface area contributed by atoms with Crippen LogP contribution in [0.5, 0.6) is 0 Å². The summed E-state index contributed by atoms with van der Waals surface area (Å²) < 4.78 is 4.40. The van der Waals surface area contributed by atoms with E-state index in [1.165, 1.54) is 18.0 Å². The monoisotopic (exact) mass is 244 g/mol. The fourth-order valence-electron chi connectivity index (χ4n) is 1.57. The molecular formula is C9H16N4S2. The van der Waals surface area contributed by atoms with Crippen molar-refractivity contribution in [2.45, 2.75) is 25.0 Å². The normalized spacial score (nSPS) is 21.3. The summed E-state index contributed by atoms with van der Waals surface area (Å²) in [6.07, 6.45) is 1.18. The van der Waals surface area contributed by atoms with Gasteiger partial charge in [0.05, 0.1) is 0 Å². The molecule has 1 aromatic heterocycles. The average molecular weight is 244 g/mol. The van der Waals surface area contributed by atoms with Gasteiger partial charge in [0, 0.05) is 35.1 Å². The molecule has 0 spiro atoms. The van der Waals surface area contributed by atoms with Crippen LogP contribution in [0.4, 0.5) is 11.1 Å². The Hall–Kier alpha value is -0.490. The van der Waals surface area contributed by atoms with Crippen LogP contribution in [-0.4, -0.2) is 32.9 Å². The van der Waals surface area contributed by atoms with E-state index in [2.05, 4.69) is 28.1 Å². The predicted molar refractivity (Wildman–Crippen MR) is 67.7 cm³/mol. The summed E-state index contributed by atoms with van der Waals surface area (Å²) in [6, 6.07) is 0. The third-order valence-corrected chi connectivity index (χ3v) is 4.70. The lowest BCUT2D eigenvalue weighted by Crippen LogP contribution is -2.26. The molecule has 2 heterocycles. The van der Waals surface area contributed by atoms with Gasteiger partial charge < -0.3 is 10.6 Å². The van der Waals surface area contributed by atoms with Crippen LogP contribution in [0.25, 0.3) is 0 Å².